The Labute approximate surface area is 175 Å². The van der Waals surface area contributed by atoms with Gasteiger partial charge in [0, 0.05) is 23.2 Å². The lowest BCUT2D eigenvalue weighted by molar-refractivity contribution is 0.0635. The second-order valence-corrected chi connectivity index (χ2v) is 8.36. The topological polar surface area (TPSA) is 85.6 Å². The van der Waals surface area contributed by atoms with E-state index in [-0.39, 0.29) is 6.04 Å². The Bertz CT molecular complexity index is 1080. The molecular weight excluding hydrogens is 380 g/mol. The molecule has 1 aliphatic heterocycles. The summed E-state index contributed by atoms with van der Waals surface area (Å²) >= 11 is 0. The quantitative estimate of drug-likeness (QED) is 0.553. The molecule has 1 amide bonds. The summed E-state index contributed by atoms with van der Waals surface area (Å²) in [4.78, 5) is 28.4. The summed E-state index contributed by atoms with van der Waals surface area (Å²) in [6.45, 7) is 5.40. The first kappa shape index (κ1) is 19.8. The molecule has 0 saturated carbocycles. The van der Waals surface area contributed by atoms with Gasteiger partial charge < -0.3 is 9.30 Å². The molecule has 1 aromatic heterocycles. The minimum Gasteiger partial charge on any atom is -0.444 e. The number of hydrogen-bond acceptors (Lipinski definition) is 5. The normalized spacial score (nSPS) is 15.8. The molecule has 0 bridgehead atoms. The van der Waals surface area contributed by atoms with E-state index in [4.69, 9.17) is 4.74 Å². The van der Waals surface area contributed by atoms with Gasteiger partial charge in [0.2, 0.25) is 0 Å². The number of nitrogens with one attached hydrogen (secondary N) is 1. The fraction of sp³-hybridized carbons (Fsp3) is 0.304. The van der Waals surface area contributed by atoms with Gasteiger partial charge in [-0.3, -0.25) is 5.32 Å². The summed E-state index contributed by atoms with van der Waals surface area (Å²) in [6, 6.07) is 14.6. The molecule has 0 aliphatic carbocycles. The van der Waals surface area contributed by atoms with Crippen molar-refractivity contribution in [1.29, 1.82) is 0 Å². The van der Waals surface area contributed by atoms with Gasteiger partial charge in [-0.25, -0.2) is 9.78 Å². The van der Waals surface area contributed by atoms with E-state index >= 15 is 0 Å². The Morgan fingerprint density at radius 1 is 1.20 bits per heavy atom. The lowest BCUT2D eigenvalue weighted by Gasteiger charge is -2.22. The van der Waals surface area contributed by atoms with Crippen LogP contribution in [0.3, 0.4) is 0 Å². The molecule has 4 rings (SSSR count). The zero-order chi connectivity index (χ0) is 21.3. The molecule has 30 heavy (non-hydrogen) atoms. The minimum absolute atomic E-state index is 0.0593. The predicted octanol–water partition coefficient (Wildman–Crippen LogP) is 5.70. The average molecular weight is 404 g/mol. The number of ether oxygens (including phenoxy) is 1. The van der Waals surface area contributed by atoms with E-state index in [0.29, 0.717) is 17.7 Å². The number of imidazole rings is 1. The van der Waals surface area contributed by atoms with Crippen LogP contribution in [0, 0.1) is 4.91 Å². The van der Waals surface area contributed by atoms with Crippen molar-refractivity contribution in [2.45, 2.75) is 44.9 Å². The number of hydrogen-bond donors (Lipinski definition) is 1. The van der Waals surface area contributed by atoms with Gasteiger partial charge in [0.15, 0.2) is 0 Å². The van der Waals surface area contributed by atoms with Crippen LogP contribution in [0.25, 0.3) is 11.3 Å². The summed E-state index contributed by atoms with van der Waals surface area (Å²) in [5.74, 6) is 0. The number of anilines is 1. The highest BCUT2D eigenvalue weighted by Crippen LogP contribution is 2.44. The van der Waals surface area contributed by atoms with Gasteiger partial charge in [-0.05, 0) is 32.4 Å². The first-order valence-corrected chi connectivity index (χ1v) is 9.90. The third-order valence-corrected chi connectivity index (χ3v) is 5.13. The van der Waals surface area contributed by atoms with Crippen molar-refractivity contribution in [3.05, 3.63) is 77.1 Å². The maximum Gasteiger partial charge on any atom is 0.412 e. The van der Waals surface area contributed by atoms with E-state index in [9.17, 15) is 9.70 Å². The molecule has 2 aromatic carbocycles. The van der Waals surface area contributed by atoms with E-state index in [0.717, 1.165) is 16.8 Å². The summed E-state index contributed by atoms with van der Waals surface area (Å²) < 4.78 is 7.43. The van der Waals surface area contributed by atoms with Gasteiger partial charge in [0.05, 0.1) is 24.3 Å². The zero-order valence-electron chi connectivity index (χ0n) is 17.2. The van der Waals surface area contributed by atoms with Crippen LogP contribution in [-0.4, -0.2) is 21.2 Å². The SMILES string of the molecule is CC(C)(C)OC(=O)Nc1ccccc1C(CC1c2ccccc2-c2cncn21)N=O. The van der Waals surface area contributed by atoms with Gasteiger partial charge in [-0.15, -0.1) is 0 Å². The number of para-hydroxylation sites is 1. The molecular formula is C23H24N4O3. The maximum absolute atomic E-state index is 12.3. The summed E-state index contributed by atoms with van der Waals surface area (Å²) in [5.41, 5.74) is 3.84. The van der Waals surface area contributed by atoms with Gasteiger partial charge in [0.25, 0.3) is 0 Å². The van der Waals surface area contributed by atoms with Gasteiger partial charge in [0.1, 0.15) is 11.6 Å². The third kappa shape index (κ3) is 3.83. The standard InChI is InChI=1S/C23H24N4O3/c1-23(2,3)30-22(28)25-18-11-7-6-10-17(18)19(26-29)12-20-15-8-4-5-9-16(15)21-13-24-14-27(20)21/h4-11,13-14,19-20H,12H2,1-3H3,(H,25,28). The summed E-state index contributed by atoms with van der Waals surface area (Å²) in [5, 5.41) is 6.18. The van der Waals surface area contributed by atoms with E-state index < -0.39 is 17.7 Å². The number of carbonyl (C=O) groups excluding carboxylic acids is 1. The van der Waals surface area contributed by atoms with Crippen LogP contribution in [0.5, 0.6) is 0 Å². The molecule has 154 valence electrons. The van der Waals surface area contributed by atoms with Crippen molar-refractivity contribution in [3.8, 4) is 11.3 Å². The second-order valence-electron chi connectivity index (χ2n) is 8.36. The van der Waals surface area contributed by atoms with E-state index in [2.05, 4.69) is 32.2 Å². The molecule has 2 heterocycles. The average Bonchev–Trinajstić information content (AvgIpc) is 3.27. The molecule has 0 radical (unpaired) electrons. The summed E-state index contributed by atoms with van der Waals surface area (Å²) in [6.07, 6.45) is 3.51. The van der Waals surface area contributed by atoms with E-state index in [1.165, 1.54) is 0 Å². The van der Waals surface area contributed by atoms with E-state index in [1.54, 1.807) is 39.2 Å². The van der Waals surface area contributed by atoms with Crippen molar-refractivity contribution in [2.24, 2.45) is 5.18 Å². The lowest BCUT2D eigenvalue weighted by Crippen LogP contribution is -2.27. The fourth-order valence-electron chi connectivity index (χ4n) is 3.93. The molecule has 7 heteroatoms. The highest BCUT2D eigenvalue weighted by atomic mass is 16.6. The van der Waals surface area contributed by atoms with Crippen LogP contribution >= 0.6 is 0 Å². The predicted molar refractivity (Wildman–Crippen MR) is 115 cm³/mol. The second kappa shape index (κ2) is 7.74. The number of benzene rings is 2. The first-order chi connectivity index (χ1) is 14.4. The van der Waals surface area contributed by atoms with E-state index in [1.807, 2.05) is 30.5 Å². The highest BCUT2D eigenvalue weighted by molar-refractivity contribution is 5.86. The van der Waals surface area contributed by atoms with Crippen molar-refractivity contribution in [1.82, 2.24) is 9.55 Å². The monoisotopic (exact) mass is 404 g/mol. The zero-order valence-corrected chi connectivity index (χ0v) is 17.2. The fourth-order valence-corrected chi connectivity index (χ4v) is 3.93. The third-order valence-electron chi connectivity index (χ3n) is 5.13. The summed E-state index contributed by atoms with van der Waals surface area (Å²) in [7, 11) is 0. The van der Waals surface area contributed by atoms with Gasteiger partial charge >= 0.3 is 6.09 Å². The van der Waals surface area contributed by atoms with Gasteiger partial charge in [-0.2, -0.15) is 4.91 Å². The number of aromatic nitrogens is 2. The minimum atomic E-state index is -0.650. The van der Waals surface area contributed by atoms with Gasteiger partial charge in [-0.1, -0.05) is 47.6 Å². The smallest absolute Gasteiger partial charge is 0.412 e. The molecule has 1 N–H and O–H groups in total. The Balaban J connectivity index is 1.62. The first-order valence-electron chi connectivity index (χ1n) is 9.90. The number of fused-ring (bicyclic) bond motifs is 3. The van der Waals surface area contributed by atoms with Crippen molar-refractivity contribution >= 4 is 11.8 Å². The molecule has 3 aromatic rings. The van der Waals surface area contributed by atoms with Crippen molar-refractivity contribution < 1.29 is 9.53 Å². The number of amides is 1. The molecule has 7 nitrogen and oxygen atoms in total. The number of nitroso groups, excluding NO2 is 1. The molecule has 2 unspecified atom stereocenters. The highest BCUT2D eigenvalue weighted by Gasteiger charge is 2.32. The number of carbonyl (C=O) groups is 1. The Morgan fingerprint density at radius 3 is 2.70 bits per heavy atom. The van der Waals surface area contributed by atoms with Crippen LogP contribution in [0.2, 0.25) is 0 Å². The Morgan fingerprint density at radius 2 is 1.93 bits per heavy atom. The number of nitrogens with zero attached hydrogens (tertiary/aromatic N) is 3. The maximum atomic E-state index is 12.3. The van der Waals surface area contributed by atoms with Crippen LogP contribution in [0.1, 0.15) is 50.4 Å². The van der Waals surface area contributed by atoms with Crippen molar-refractivity contribution in [2.75, 3.05) is 5.32 Å². The molecule has 0 fully saturated rings. The molecule has 2 atom stereocenters. The Hall–Kier alpha value is -3.48. The molecule has 0 spiro atoms. The van der Waals surface area contributed by atoms with Crippen LogP contribution in [0.15, 0.2) is 66.2 Å². The molecule has 1 aliphatic rings. The van der Waals surface area contributed by atoms with Crippen LogP contribution in [-0.2, 0) is 4.74 Å². The van der Waals surface area contributed by atoms with Crippen molar-refractivity contribution in [3.63, 3.8) is 0 Å². The largest absolute Gasteiger partial charge is 0.444 e. The van der Waals surface area contributed by atoms with Crippen LogP contribution in [0.4, 0.5) is 10.5 Å². The Kier molecular flexibility index (Phi) is 5.11. The number of rotatable bonds is 5. The van der Waals surface area contributed by atoms with Crippen LogP contribution < -0.4 is 5.32 Å². The lowest BCUT2D eigenvalue weighted by atomic mass is 9.94. The molecule has 0 saturated heterocycles.